The van der Waals surface area contributed by atoms with Crippen LogP contribution in [0.5, 0.6) is 0 Å². The predicted octanol–water partition coefficient (Wildman–Crippen LogP) is 3.85. The van der Waals surface area contributed by atoms with Crippen LogP contribution in [0.4, 0.5) is 0 Å². The number of alkyl halides is 1. The Balaban J connectivity index is 1.97. The van der Waals surface area contributed by atoms with Crippen molar-refractivity contribution in [3.05, 3.63) is 55.9 Å². The third kappa shape index (κ3) is 4.18. The van der Waals surface area contributed by atoms with E-state index < -0.39 is 22.4 Å². The first-order chi connectivity index (χ1) is 14.5. The van der Waals surface area contributed by atoms with Crippen LogP contribution in [0.2, 0.25) is 4.34 Å². The van der Waals surface area contributed by atoms with Crippen molar-refractivity contribution in [2.24, 2.45) is 0 Å². The number of pyridine rings is 1. The molecule has 1 atom stereocenters. The van der Waals surface area contributed by atoms with Gasteiger partial charge < -0.3 is 9.84 Å². The smallest absolute Gasteiger partial charge is 0.356 e. The molecule has 1 aliphatic rings. The number of hydrogen-bond acceptors (Lipinski definition) is 6. The summed E-state index contributed by atoms with van der Waals surface area (Å²) in [4.78, 5) is 32.1. The molecule has 9 heteroatoms. The van der Waals surface area contributed by atoms with E-state index in [0.717, 1.165) is 22.2 Å². The fourth-order valence-corrected chi connectivity index (χ4v) is 4.95. The molecule has 31 heavy (non-hydrogen) atoms. The molecule has 0 fully saturated rings. The summed E-state index contributed by atoms with van der Waals surface area (Å²) in [7, 11) is 0. The zero-order valence-corrected chi connectivity index (χ0v) is 19.2. The van der Waals surface area contributed by atoms with Crippen LogP contribution >= 0.6 is 34.5 Å². The molecule has 0 amide bonds. The molecule has 0 aliphatic heterocycles. The molecule has 3 aromatic rings. The van der Waals surface area contributed by atoms with Gasteiger partial charge >= 0.3 is 11.9 Å². The molecule has 1 aliphatic carbocycles. The van der Waals surface area contributed by atoms with E-state index in [1.807, 2.05) is 30.3 Å². The van der Waals surface area contributed by atoms with E-state index in [-0.39, 0.29) is 21.5 Å². The number of thiazole rings is 1. The molecule has 0 bridgehead atoms. The van der Waals surface area contributed by atoms with Gasteiger partial charge in [0.15, 0.2) is 5.69 Å². The number of carboxylic acid groups (broad SMARTS) is 1. The topological polar surface area (TPSA) is 89.4 Å². The molecular formula is C22H18Cl2N2O4S. The molecule has 1 aromatic carbocycles. The third-order valence-corrected chi connectivity index (χ3v) is 6.63. The summed E-state index contributed by atoms with van der Waals surface area (Å²) in [6.07, 6.45) is 1.75. The Morgan fingerprint density at radius 3 is 2.58 bits per heavy atom. The van der Waals surface area contributed by atoms with Crippen LogP contribution in [0.15, 0.2) is 30.3 Å². The van der Waals surface area contributed by atoms with Crippen LogP contribution in [0.3, 0.4) is 0 Å². The van der Waals surface area contributed by atoms with Gasteiger partial charge in [0.2, 0.25) is 0 Å². The summed E-state index contributed by atoms with van der Waals surface area (Å²) >= 11 is 14.0. The second-order valence-electron chi connectivity index (χ2n) is 8.22. The van der Waals surface area contributed by atoms with Crippen molar-refractivity contribution >= 4 is 69.0 Å². The highest BCUT2D eigenvalue weighted by molar-refractivity contribution is 7.16. The first kappa shape index (κ1) is 21.7. The minimum Gasteiger partial charge on any atom is -0.476 e. The highest BCUT2D eigenvalue weighted by atomic mass is 35.5. The molecule has 0 saturated carbocycles. The Kier molecular flexibility index (Phi) is 5.32. The van der Waals surface area contributed by atoms with Gasteiger partial charge in [0.1, 0.15) is 19.8 Å². The number of rotatable bonds is 3. The van der Waals surface area contributed by atoms with Crippen molar-refractivity contribution in [3.8, 4) is 0 Å². The average molecular weight is 477 g/mol. The van der Waals surface area contributed by atoms with Crippen molar-refractivity contribution in [1.82, 2.24) is 9.97 Å². The normalized spacial score (nSPS) is 18.4. The monoisotopic (exact) mass is 476 g/mol. The van der Waals surface area contributed by atoms with Crippen LogP contribution in [-0.4, -0.2) is 32.6 Å². The van der Waals surface area contributed by atoms with Gasteiger partial charge in [-0.15, -0.1) is 22.9 Å². The largest absolute Gasteiger partial charge is 0.476 e. The van der Waals surface area contributed by atoms with E-state index in [2.05, 4.69) is 9.97 Å². The van der Waals surface area contributed by atoms with E-state index in [1.165, 1.54) is 0 Å². The van der Waals surface area contributed by atoms with Gasteiger partial charge in [0.05, 0.1) is 10.9 Å². The molecule has 2 aromatic heterocycles. The summed E-state index contributed by atoms with van der Waals surface area (Å²) in [5.74, 6) is -1.76. The van der Waals surface area contributed by atoms with E-state index in [1.54, 1.807) is 26.8 Å². The maximum atomic E-state index is 13.1. The molecule has 6 nitrogen and oxygen atoms in total. The molecule has 4 rings (SSSR count). The summed E-state index contributed by atoms with van der Waals surface area (Å²) in [5.41, 5.74) is 0.117. The highest BCUT2D eigenvalue weighted by Gasteiger charge is 2.39. The molecule has 1 N–H and O–H groups in total. The number of aromatic nitrogens is 2. The van der Waals surface area contributed by atoms with E-state index in [4.69, 9.17) is 27.9 Å². The predicted molar refractivity (Wildman–Crippen MR) is 121 cm³/mol. The maximum Gasteiger partial charge on any atom is 0.356 e. The van der Waals surface area contributed by atoms with Gasteiger partial charge in [-0.3, -0.25) is 0 Å². The molecule has 0 saturated heterocycles. The number of carbonyl (C=O) groups is 2. The third-order valence-electron chi connectivity index (χ3n) is 4.67. The van der Waals surface area contributed by atoms with Crippen molar-refractivity contribution in [2.45, 2.75) is 37.7 Å². The Hall–Kier alpha value is -2.48. The van der Waals surface area contributed by atoms with Crippen molar-refractivity contribution in [3.63, 3.8) is 0 Å². The highest BCUT2D eigenvalue weighted by Crippen LogP contribution is 2.43. The van der Waals surface area contributed by atoms with Crippen LogP contribution in [0, 0.1) is 0 Å². The van der Waals surface area contributed by atoms with Crippen LogP contribution in [0.25, 0.3) is 22.6 Å². The number of nitrogens with zero attached hydrogens (tertiary/aromatic N) is 2. The van der Waals surface area contributed by atoms with Gasteiger partial charge in [-0.2, -0.15) is 0 Å². The van der Waals surface area contributed by atoms with E-state index >= 15 is 0 Å². The lowest BCUT2D eigenvalue weighted by Gasteiger charge is -2.27. The molecular weight excluding hydrogens is 459 g/mol. The number of fused-ring (bicyclic) bond motifs is 2. The standard InChI is InChI=1S/C22H18Cl2N2O4S/c1-21(2,3)30-19(29)13-9-22(24,20-26-16(18(27)28)17(23)31-20)10-15-12(13)8-11-6-4-5-7-14(11)25-15/h4-8,10H,9H2,1-3H3,(H,27,28). The zero-order valence-electron chi connectivity index (χ0n) is 16.9. The average Bonchev–Trinajstić information content (AvgIpc) is 3.07. The first-order valence-electron chi connectivity index (χ1n) is 9.41. The van der Waals surface area contributed by atoms with Gasteiger partial charge in [-0.25, -0.2) is 19.6 Å². The van der Waals surface area contributed by atoms with Gasteiger partial charge in [-0.1, -0.05) is 29.8 Å². The fourth-order valence-electron chi connectivity index (χ4n) is 3.37. The summed E-state index contributed by atoms with van der Waals surface area (Å²) in [5, 5.41) is 11.6. The Morgan fingerprint density at radius 1 is 1.23 bits per heavy atom. The van der Waals surface area contributed by atoms with Gasteiger partial charge in [0, 0.05) is 22.6 Å². The van der Waals surface area contributed by atoms with E-state index in [0.29, 0.717) is 16.1 Å². The number of carbonyl (C=O) groups excluding carboxylic acids is 1. The molecule has 2 heterocycles. The Bertz CT molecular complexity index is 1360. The lowest BCUT2D eigenvalue weighted by Crippen LogP contribution is -2.42. The van der Waals surface area contributed by atoms with Crippen molar-refractivity contribution < 1.29 is 19.4 Å². The van der Waals surface area contributed by atoms with E-state index in [9.17, 15) is 14.7 Å². The van der Waals surface area contributed by atoms with Gasteiger partial charge in [0.25, 0.3) is 0 Å². The number of ether oxygens (including phenoxy) is 1. The summed E-state index contributed by atoms with van der Waals surface area (Å²) < 4.78 is 5.65. The lowest BCUT2D eigenvalue weighted by molar-refractivity contribution is -0.147. The minimum atomic E-state index is -1.29. The fraction of sp³-hybridized carbons (Fsp3) is 0.273. The van der Waals surface area contributed by atoms with Gasteiger partial charge in [-0.05, 0) is 39.0 Å². The van der Waals surface area contributed by atoms with Crippen LogP contribution in [-0.2, 0) is 14.4 Å². The number of carboxylic acids is 1. The van der Waals surface area contributed by atoms with Crippen molar-refractivity contribution in [2.75, 3.05) is 0 Å². The Morgan fingerprint density at radius 2 is 1.94 bits per heavy atom. The second-order valence-corrected chi connectivity index (χ2v) is 10.5. The van der Waals surface area contributed by atoms with Crippen LogP contribution < -0.4 is 10.6 Å². The first-order valence-corrected chi connectivity index (χ1v) is 11.0. The number of halogens is 2. The minimum absolute atomic E-state index is 0.0204. The summed E-state index contributed by atoms with van der Waals surface area (Å²) in [6.45, 7) is 5.36. The number of aromatic carboxylic acids is 1. The van der Waals surface area contributed by atoms with Crippen LogP contribution in [0.1, 0.15) is 42.7 Å². The van der Waals surface area contributed by atoms with Crippen molar-refractivity contribution in [1.29, 1.82) is 0 Å². The number of esters is 1. The quantitative estimate of drug-likeness (QED) is 0.456. The maximum absolute atomic E-state index is 13.1. The lowest BCUT2D eigenvalue weighted by atomic mass is 9.91. The number of benzene rings is 1. The molecule has 1 unspecified atom stereocenters. The zero-order chi connectivity index (χ0) is 22.6. The molecule has 0 spiro atoms. The second kappa shape index (κ2) is 7.58. The summed E-state index contributed by atoms with van der Waals surface area (Å²) in [6, 6.07) is 9.44. The number of hydrogen-bond donors (Lipinski definition) is 1. The SMILES string of the molecule is CC(C)(C)OC(=O)C1=c2cc3ccccc3nc2=CC(Cl)(c2nc(C(=O)O)c(Cl)s2)C1. The molecule has 160 valence electrons. The number of para-hydroxylation sites is 1. The Labute approximate surface area is 191 Å². The molecule has 0 radical (unpaired) electrons.